The second kappa shape index (κ2) is 13.2. The van der Waals surface area contributed by atoms with Gasteiger partial charge >= 0.3 is 12.3 Å². The minimum absolute atomic E-state index is 0.0429. The van der Waals surface area contributed by atoms with Crippen molar-refractivity contribution in [2.45, 2.75) is 82.2 Å². The van der Waals surface area contributed by atoms with Crippen LogP contribution in [0.3, 0.4) is 0 Å². The summed E-state index contributed by atoms with van der Waals surface area (Å²) in [7, 11) is 0. The Morgan fingerprint density at radius 2 is 1.79 bits per heavy atom. The number of ether oxygens (including phenoxy) is 1. The normalized spacial score (nSPS) is 17.8. The fourth-order valence-corrected chi connectivity index (χ4v) is 4.94. The number of carbonyl (C=O) groups excluding carboxylic acids is 2. The van der Waals surface area contributed by atoms with Crippen molar-refractivity contribution in [3.8, 4) is 0 Å². The number of halogens is 7. The van der Waals surface area contributed by atoms with E-state index in [0.29, 0.717) is 6.92 Å². The van der Waals surface area contributed by atoms with Crippen LogP contribution < -0.4 is 10.6 Å². The number of hydrogen-bond donors (Lipinski definition) is 2. The lowest BCUT2D eigenvalue weighted by Gasteiger charge is -2.33. The highest BCUT2D eigenvalue weighted by Gasteiger charge is 2.40. The van der Waals surface area contributed by atoms with Crippen LogP contribution in [0, 0.1) is 5.92 Å². The monoisotopic (exact) mass is 617 g/mol. The summed E-state index contributed by atoms with van der Waals surface area (Å²) in [5.74, 6) is -6.21. The van der Waals surface area contributed by atoms with Crippen LogP contribution in [0.4, 0.5) is 35.5 Å². The molecule has 2 amide bonds. The summed E-state index contributed by atoms with van der Waals surface area (Å²) < 4.78 is 100.0. The summed E-state index contributed by atoms with van der Waals surface area (Å²) >= 11 is 0. The third kappa shape index (κ3) is 8.57. The maximum atomic E-state index is 13.9. The van der Waals surface area contributed by atoms with Crippen molar-refractivity contribution >= 4 is 17.6 Å². The van der Waals surface area contributed by atoms with Crippen molar-refractivity contribution < 1.29 is 45.1 Å². The van der Waals surface area contributed by atoms with Gasteiger partial charge in [-0.15, -0.1) is 0 Å². The number of fused-ring (bicyclic) bond motifs is 1. The molecule has 0 spiro atoms. The van der Waals surface area contributed by atoms with E-state index in [1.807, 2.05) is 0 Å². The van der Waals surface area contributed by atoms with Gasteiger partial charge in [0.15, 0.2) is 5.65 Å². The number of benzene rings is 1. The zero-order chi connectivity index (χ0) is 31.4. The van der Waals surface area contributed by atoms with Gasteiger partial charge in [-0.1, -0.05) is 30.3 Å². The average Bonchev–Trinajstić information content (AvgIpc) is 3.37. The summed E-state index contributed by atoms with van der Waals surface area (Å²) in [5, 5.41) is 8.50. The highest BCUT2D eigenvalue weighted by Crippen LogP contribution is 2.41. The number of hydrogen-bond acceptors (Lipinski definition) is 5. The minimum atomic E-state index is -4.78. The molecule has 0 saturated heterocycles. The summed E-state index contributed by atoms with van der Waals surface area (Å²) in [5.41, 5.74) is 0.898. The molecule has 1 fully saturated rings. The molecule has 2 heterocycles. The Kier molecular flexibility index (Phi) is 9.80. The van der Waals surface area contributed by atoms with Gasteiger partial charge in [-0.05, 0) is 42.9 Å². The molecule has 1 saturated carbocycles. The second-order valence-corrected chi connectivity index (χ2v) is 10.6. The molecule has 3 aromatic rings. The van der Waals surface area contributed by atoms with Gasteiger partial charge < -0.3 is 15.4 Å². The molecule has 2 N–H and O–H groups in total. The Bertz CT molecular complexity index is 1390. The van der Waals surface area contributed by atoms with Crippen LogP contribution in [-0.4, -0.2) is 51.2 Å². The zero-order valence-corrected chi connectivity index (χ0v) is 23.0. The molecule has 0 bridgehead atoms. The van der Waals surface area contributed by atoms with Crippen LogP contribution in [0.15, 0.2) is 48.8 Å². The summed E-state index contributed by atoms with van der Waals surface area (Å²) in [6.07, 6.45) is -7.84. The lowest BCUT2D eigenvalue weighted by molar-refractivity contribution is -0.158. The number of rotatable bonds is 10. The number of nitrogens with one attached hydrogen (secondary N) is 2. The van der Waals surface area contributed by atoms with Crippen molar-refractivity contribution in [3.05, 3.63) is 65.6 Å². The number of nitrogens with zero attached hydrogens (tertiary/aromatic N) is 3. The van der Waals surface area contributed by atoms with Gasteiger partial charge in [0.05, 0.1) is 30.0 Å². The zero-order valence-electron chi connectivity index (χ0n) is 23.0. The number of aromatic nitrogens is 3. The molecule has 1 aliphatic rings. The van der Waals surface area contributed by atoms with E-state index >= 15 is 0 Å². The number of amides is 2. The van der Waals surface area contributed by atoms with E-state index in [2.05, 4.69) is 15.4 Å². The van der Waals surface area contributed by atoms with Crippen LogP contribution in [0.25, 0.3) is 5.65 Å². The molecule has 1 aliphatic carbocycles. The summed E-state index contributed by atoms with van der Waals surface area (Å²) in [6, 6.07) is 6.93. The molecular weight excluding hydrogens is 587 g/mol. The molecule has 234 valence electrons. The van der Waals surface area contributed by atoms with E-state index in [1.54, 1.807) is 35.6 Å². The second-order valence-electron chi connectivity index (χ2n) is 10.6. The Labute approximate surface area is 242 Å². The largest absolute Gasteiger partial charge is 0.445 e. The van der Waals surface area contributed by atoms with E-state index in [1.165, 1.54) is 16.8 Å². The lowest BCUT2D eigenvalue weighted by atomic mass is 9.81. The molecule has 3 atom stereocenters. The first-order valence-corrected chi connectivity index (χ1v) is 13.6. The van der Waals surface area contributed by atoms with Crippen molar-refractivity contribution in [1.29, 1.82) is 0 Å². The summed E-state index contributed by atoms with van der Waals surface area (Å²) in [4.78, 5) is 29.8. The highest BCUT2D eigenvalue weighted by atomic mass is 19.4. The first-order chi connectivity index (χ1) is 20.2. The first-order valence-electron chi connectivity index (χ1n) is 13.6. The van der Waals surface area contributed by atoms with Gasteiger partial charge in [-0.3, -0.25) is 4.79 Å². The van der Waals surface area contributed by atoms with E-state index < -0.39 is 73.7 Å². The molecule has 15 heteroatoms. The smallest absolute Gasteiger partial charge is 0.408 e. The van der Waals surface area contributed by atoms with Crippen LogP contribution in [-0.2, 0) is 16.1 Å². The first kappa shape index (κ1) is 32.0. The molecule has 0 radical (unpaired) electrons. The van der Waals surface area contributed by atoms with Gasteiger partial charge in [-0.25, -0.2) is 31.9 Å². The fraction of sp³-hybridized carbons (Fsp3) is 0.500. The van der Waals surface area contributed by atoms with Crippen molar-refractivity contribution in [2.24, 2.45) is 5.92 Å². The molecule has 1 aromatic carbocycles. The maximum Gasteiger partial charge on any atom is 0.408 e. The highest BCUT2D eigenvalue weighted by molar-refractivity contribution is 5.84. The standard InChI is InChI=1S/C28H30F7N5O3/c1-16(28(33,34)35)37-25(41)20(12-22(29)30)19-11-23-38-21(14-40(23)36-13-19)24(18-7-9-27(31,32)10-8-18)39-26(42)43-15-17-5-3-2-4-6-17/h2-6,11,13-14,16,18,20,22,24H,7-10,12,15H2,1H3,(H,37,41)(H,39,42). The van der Waals surface area contributed by atoms with Crippen molar-refractivity contribution in [3.63, 3.8) is 0 Å². The minimum Gasteiger partial charge on any atom is -0.445 e. The van der Waals surface area contributed by atoms with Gasteiger partial charge in [0.2, 0.25) is 18.3 Å². The maximum absolute atomic E-state index is 13.9. The Morgan fingerprint density at radius 1 is 1.12 bits per heavy atom. The summed E-state index contributed by atoms with van der Waals surface area (Å²) in [6.45, 7) is 0.650. The fourth-order valence-electron chi connectivity index (χ4n) is 4.94. The third-order valence-corrected chi connectivity index (χ3v) is 7.38. The number of alkyl halides is 7. The molecule has 8 nitrogen and oxygen atoms in total. The van der Waals surface area contributed by atoms with E-state index in [9.17, 15) is 40.3 Å². The lowest BCUT2D eigenvalue weighted by Crippen LogP contribution is -2.45. The SMILES string of the molecule is CC(NC(=O)C(CC(F)F)c1cnn2cc(C(NC(=O)OCc3ccccc3)C3CCC(F)(F)CC3)nc2c1)C(F)(F)F. The topological polar surface area (TPSA) is 97.6 Å². The number of carbonyl (C=O) groups is 2. The van der Waals surface area contributed by atoms with Crippen molar-refractivity contribution in [1.82, 2.24) is 25.2 Å². The van der Waals surface area contributed by atoms with Gasteiger partial charge in [0, 0.05) is 19.3 Å². The predicted octanol–water partition coefficient (Wildman–Crippen LogP) is 6.33. The van der Waals surface area contributed by atoms with Crippen molar-refractivity contribution in [2.75, 3.05) is 0 Å². The van der Waals surface area contributed by atoms with E-state index in [4.69, 9.17) is 4.74 Å². The van der Waals surface area contributed by atoms with Crippen LogP contribution >= 0.6 is 0 Å². The molecule has 43 heavy (non-hydrogen) atoms. The quantitative estimate of drug-likeness (QED) is 0.259. The van der Waals surface area contributed by atoms with Gasteiger partial charge in [0.1, 0.15) is 12.6 Å². The predicted molar refractivity (Wildman–Crippen MR) is 139 cm³/mol. The molecule has 0 aliphatic heterocycles. The Hall–Kier alpha value is -3.91. The van der Waals surface area contributed by atoms with E-state index in [-0.39, 0.29) is 36.4 Å². The third-order valence-electron chi connectivity index (χ3n) is 7.38. The molecular formula is C28H30F7N5O3. The van der Waals surface area contributed by atoms with Crippen LogP contribution in [0.2, 0.25) is 0 Å². The Morgan fingerprint density at radius 3 is 2.42 bits per heavy atom. The van der Waals surface area contributed by atoms with E-state index in [0.717, 1.165) is 11.8 Å². The molecule has 2 aromatic heterocycles. The number of imidazole rings is 1. The average molecular weight is 618 g/mol. The molecule has 3 unspecified atom stereocenters. The Balaban J connectivity index is 1.59. The van der Waals surface area contributed by atoms with Crippen LogP contribution in [0.1, 0.15) is 67.8 Å². The van der Waals surface area contributed by atoms with Gasteiger partial charge in [-0.2, -0.15) is 18.3 Å². The number of alkyl carbamates (subject to hydrolysis) is 1. The van der Waals surface area contributed by atoms with Gasteiger partial charge in [0.25, 0.3) is 0 Å². The molecule has 4 rings (SSSR count). The van der Waals surface area contributed by atoms with Crippen LogP contribution in [0.5, 0.6) is 0 Å².